The number of aromatic nitrogens is 2. The first-order chi connectivity index (χ1) is 11.9. The number of hydrogen-bond donors (Lipinski definition) is 2. The van der Waals surface area contributed by atoms with E-state index in [-0.39, 0.29) is 31.0 Å². The quantitative estimate of drug-likeness (QED) is 0.745. The largest absolute Gasteiger partial charge is 0.416 e. The summed E-state index contributed by atoms with van der Waals surface area (Å²) in [5.41, 5.74) is -0.688. The zero-order valence-corrected chi connectivity index (χ0v) is 13.2. The molecular weight excluding hydrogens is 337 g/mol. The van der Waals surface area contributed by atoms with E-state index in [4.69, 9.17) is 0 Å². The number of aryl methyl sites for hydroxylation is 1. The number of nitrogens with zero attached hydrogens (tertiary/aromatic N) is 2. The third kappa shape index (κ3) is 5.94. The Labute approximate surface area is 142 Å². The molecule has 0 atom stereocenters. The Kier molecular flexibility index (Phi) is 6.15. The lowest BCUT2D eigenvalue weighted by molar-refractivity contribution is -0.137. The molecular formula is C16H17F3N4O2. The fraction of sp³-hybridized carbons (Fsp3) is 0.312. The second kappa shape index (κ2) is 8.32. The normalized spacial score (nSPS) is 11.2. The minimum Gasteiger partial charge on any atom is -0.354 e. The molecule has 0 radical (unpaired) electrons. The first-order valence-corrected chi connectivity index (χ1v) is 7.56. The lowest BCUT2D eigenvalue weighted by atomic mass is 10.1. The Balaban J connectivity index is 1.67. The predicted molar refractivity (Wildman–Crippen MR) is 83.6 cm³/mol. The molecule has 0 aliphatic carbocycles. The molecule has 25 heavy (non-hydrogen) atoms. The number of amides is 2. The van der Waals surface area contributed by atoms with Gasteiger partial charge in [0.2, 0.25) is 5.91 Å². The minimum atomic E-state index is -4.44. The van der Waals surface area contributed by atoms with E-state index in [1.165, 1.54) is 0 Å². The van der Waals surface area contributed by atoms with E-state index in [0.717, 1.165) is 24.3 Å². The highest BCUT2D eigenvalue weighted by Crippen LogP contribution is 2.28. The zero-order chi connectivity index (χ0) is 18.3. The number of halogens is 3. The standard InChI is InChI=1S/C16H17F3N4O2/c17-16(18,19)13-4-2-12(3-5-13)15(25)21-9-8-20-14(24)6-11-23-10-1-7-22-23/h1-5,7,10H,6,8-9,11H2,(H,20,24)(H,21,25). The number of hydrogen-bond acceptors (Lipinski definition) is 3. The van der Waals surface area contributed by atoms with Gasteiger partial charge in [-0.05, 0) is 30.3 Å². The van der Waals surface area contributed by atoms with E-state index >= 15 is 0 Å². The molecule has 0 aliphatic rings. The van der Waals surface area contributed by atoms with Crippen LogP contribution in [0.2, 0.25) is 0 Å². The second-order valence-electron chi connectivity index (χ2n) is 5.20. The van der Waals surface area contributed by atoms with Crippen molar-refractivity contribution in [2.75, 3.05) is 13.1 Å². The van der Waals surface area contributed by atoms with Crippen LogP contribution in [0.3, 0.4) is 0 Å². The van der Waals surface area contributed by atoms with E-state index < -0.39 is 17.6 Å². The first kappa shape index (κ1) is 18.5. The van der Waals surface area contributed by atoms with Crippen LogP contribution in [0.5, 0.6) is 0 Å². The molecule has 0 saturated carbocycles. The van der Waals surface area contributed by atoms with Crippen molar-refractivity contribution in [2.24, 2.45) is 0 Å². The second-order valence-corrected chi connectivity index (χ2v) is 5.20. The van der Waals surface area contributed by atoms with Crippen LogP contribution < -0.4 is 10.6 Å². The SMILES string of the molecule is O=C(CCn1cccn1)NCCNC(=O)c1ccc(C(F)(F)F)cc1. The highest BCUT2D eigenvalue weighted by atomic mass is 19.4. The van der Waals surface area contributed by atoms with E-state index in [1.807, 2.05) is 0 Å². The summed E-state index contributed by atoms with van der Waals surface area (Å²) in [6.45, 7) is 0.856. The van der Waals surface area contributed by atoms with E-state index in [1.54, 1.807) is 23.1 Å². The van der Waals surface area contributed by atoms with Gasteiger partial charge in [-0.2, -0.15) is 18.3 Å². The van der Waals surface area contributed by atoms with Crippen LogP contribution in [0.4, 0.5) is 13.2 Å². The van der Waals surface area contributed by atoms with Gasteiger partial charge in [0.05, 0.1) is 5.56 Å². The number of rotatable bonds is 7. The van der Waals surface area contributed by atoms with Crippen molar-refractivity contribution in [1.82, 2.24) is 20.4 Å². The molecule has 2 amide bonds. The average molecular weight is 354 g/mol. The van der Waals surface area contributed by atoms with E-state index in [0.29, 0.717) is 6.54 Å². The van der Waals surface area contributed by atoms with Crippen molar-refractivity contribution >= 4 is 11.8 Å². The van der Waals surface area contributed by atoms with Crippen molar-refractivity contribution in [3.63, 3.8) is 0 Å². The number of carbonyl (C=O) groups is 2. The van der Waals surface area contributed by atoms with Crippen molar-refractivity contribution in [2.45, 2.75) is 19.1 Å². The Morgan fingerprint density at radius 1 is 1.08 bits per heavy atom. The fourth-order valence-electron chi connectivity index (χ4n) is 2.03. The van der Waals surface area contributed by atoms with Crippen LogP contribution in [0.25, 0.3) is 0 Å². The molecule has 0 unspecified atom stereocenters. The molecule has 2 rings (SSSR count). The smallest absolute Gasteiger partial charge is 0.354 e. The molecule has 0 aliphatic heterocycles. The van der Waals surface area contributed by atoms with Crippen LogP contribution in [-0.4, -0.2) is 34.7 Å². The van der Waals surface area contributed by atoms with Gasteiger partial charge in [-0.15, -0.1) is 0 Å². The summed E-state index contributed by atoms with van der Waals surface area (Å²) in [7, 11) is 0. The third-order valence-corrected chi connectivity index (χ3v) is 3.33. The van der Waals surface area contributed by atoms with Crippen LogP contribution in [0, 0.1) is 0 Å². The highest BCUT2D eigenvalue weighted by molar-refractivity contribution is 5.94. The molecule has 9 heteroatoms. The monoisotopic (exact) mass is 354 g/mol. The topological polar surface area (TPSA) is 76.0 Å². The third-order valence-electron chi connectivity index (χ3n) is 3.33. The van der Waals surface area contributed by atoms with Gasteiger partial charge in [0.15, 0.2) is 0 Å². The summed E-state index contributed by atoms with van der Waals surface area (Å²) in [6.07, 6.45) is -0.809. The van der Waals surface area contributed by atoms with Crippen LogP contribution in [0.15, 0.2) is 42.7 Å². The summed E-state index contributed by atoms with van der Waals surface area (Å²) < 4.78 is 39.0. The first-order valence-electron chi connectivity index (χ1n) is 7.56. The van der Waals surface area contributed by atoms with Crippen LogP contribution in [-0.2, 0) is 17.5 Å². The van der Waals surface area contributed by atoms with Crippen molar-refractivity contribution in [3.05, 3.63) is 53.9 Å². The van der Waals surface area contributed by atoms with Crippen LogP contribution in [0.1, 0.15) is 22.3 Å². The molecule has 1 heterocycles. The molecule has 2 aromatic rings. The molecule has 1 aromatic carbocycles. The van der Waals surface area contributed by atoms with Gasteiger partial charge < -0.3 is 10.6 Å². The lowest BCUT2D eigenvalue weighted by Crippen LogP contribution is -2.35. The summed E-state index contributed by atoms with van der Waals surface area (Å²) in [5, 5.41) is 9.14. The molecule has 0 saturated heterocycles. The number of benzene rings is 1. The maximum absolute atomic E-state index is 12.5. The van der Waals surface area contributed by atoms with E-state index in [2.05, 4.69) is 15.7 Å². The van der Waals surface area contributed by atoms with Gasteiger partial charge in [0.1, 0.15) is 0 Å². The Hall–Kier alpha value is -2.84. The minimum absolute atomic E-state index is 0.123. The van der Waals surface area contributed by atoms with Gasteiger partial charge in [-0.1, -0.05) is 0 Å². The van der Waals surface area contributed by atoms with Crippen LogP contribution >= 0.6 is 0 Å². The van der Waals surface area contributed by atoms with Gasteiger partial charge in [-0.3, -0.25) is 14.3 Å². The molecule has 2 N–H and O–H groups in total. The van der Waals surface area contributed by atoms with Gasteiger partial charge in [-0.25, -0.2) is 0 Å². The molecule has 0 fully saturated rings. The number of carbonyl (C=O) groups excluding carboxylic acids is 2. The van der Waals surface area contributed by atoms with Gasteiger partial charge in [0.25, 0.3) is 5.91 Å². The molecule has 1 aromatic heterocycles. The fourth-order valence-corrected chi connectivity index (χ4v) is 2.03. The predicted octanol–water partition coefficient (Wildman–Crippen LogP) is 1.84. The Morgan fingerprint density at radius 2 is 1.76 bits per heavy atom. The van der Waals surface area contributed by atoms with E-state index in [9.17, 15) is 22.8 Å². The maximum Gasteiger partial charge on any atom is 0.416 e. The molecule has 0 bridgehead atoms. The molecule has 0 spiro atoms. The van der Waals surface area contributed by atoms with Crippen molar-refractivity contribution in [1.29, 1.82) is 0 Å². The lowest BCUT2D eigenvalue weighted by Gasteiger charge is -2.09. The number of nitrogens with one attached hydrogen (secondary N) is 2. The van der Waals surface area contributed by atoms with Crippen molar-refractivity contribution in [3.8, 4) is 0 Å². The van der Waals surface area contributed by atoms with Crippen molar-refractivity contribution < 1.29 is 22.8 Å². The Bertz CT molecular complexity index is 697. The summed E-state index contributed by atoms with van der Waals surface area (Å²) >= 11 is 0. The maximum atomic E-state index is 12.5. The zero-order valence-electron chi connectivity index (χ0n) is 13.2. The Morgan fingerprint density at radius 3 is 2.36 bits per heavy atom. The summed E-state index contributed by atoms with van der Waals surface area (Å²) in [5.74, 6) is -0.682. The summed E-state index contributed by atoms with van der Waals surface area (Å²) in [4.78, 5) is 23.4. The summed E-state index contributed by atoms with van der Waals surface area (Å²) in [6, 6.07) is 5.69. The van der Waals surface area contributed by atoms with Gasteiger partial charge in [0, 0.05) is 44.0 Å². The molecule has 134 valence electrons. The average Bonchev–Trinajstić information content (AvgIpc) is 3.09. The van der Waals surface area contributed by atoms with Gasteiger partial charge >= 0.3 is 6.18 Å². The highest BCUT2D eigenvalue weighted by Gasteiger charge is 2.30. The number of alkyl halides is 3. The molecule has 6 nitrogen and oxygen atoms in total.